The van der Waals surface area contributed by atoms with Crippen molar-refractivity contribution in [3.8, 4) is 0 Å². The molecule has 1 saturated carbocycles. The zero-order chi connectivity index (χ0) is 14.3. The quantitative estimate of drug-likeness (QED) is 0.828. The maximum atomic E-state index is 14.5. The first-order chi connectivity index (χ1) is 9.49. The Bertz CT molecular complexity index is 673. The number of hydrogen-bond donors (Lipinski definition) is 1. The van der Waals surface area contributed by atoms with E-state index in [1.54, 1.807) is 4.57 Å². The molecular weight excluding hydrogens is 265 g/mol. The van der Waals surface area contributed by atoms with Gasteiger partial charge in [-0.2, -0.15) is 0 Å². The van der Waals surface area contributed by atoms with E-state index in [1.165, 1.54) is 19.6 Å². The number of rotatable bonds is 4. The number of nitrogens with two attached hydrogens (primary N) is 1. The predicted octanol–water partition coefficient (Wildman–Crippen LogP) is 0.700. The van der Waals surface area contributed by atoms with Gasteiger partial charge in [0.25, 0.3) is 0 Å². The van der Waals surface area contributed by atoms with Crippen molar-refractivity contribution in [2.45, 2.75) is 25.6 Å². The fourth-order valence-electron chi connectivity index (χ4n) is 2.27. The number of carbonyl (C=O) groups excluding carboxylic acids is 1. The van der Waals surface area contributed by atoms with E-state index >= 15 is 0 Å². The highest BCUT2D eigenvalue weighted by atomic mass is 19.1. The zero-order valence-electron chi connectivity index (χ0n) is 10.9. The van der Waals surface area contributed by atoms with Crippen molar-refractivity contribution < 1.29 is 13.9 Å². The number of alkyl halides is 1. The number of hydrogen-bond acceptors (Lipinski definition) is 6. The molecule has 3 rings (SSSR count). The highest BCUT2D eigenvalue weighted by molar-refractivity contribution is 5.81. The van der Waals surface area contributed by atoms with Gasteiger partial charge in [-0.15, -0.1) is 0 Å². The Kier molecular flexibility index (Phi) is 2.81. The summed E-state index contributed by atoms with van der Waals surface area (Å²) >= 11 is 0. The van der Waals surface area contributed by atoms with Crippen LogP contribution >= 0.6 is 0 Å². The number of ether oxygens (including phenoxy) is 1. The van der Waals surface area contributed by atoms with Crippen LogP contribution in [0.25, 0.3) is 11.2 Å². The van der Waals surface area contributed by atoms with E-state index in [2.05, 4.69) is 15.0 Å². The van der Waals surface area contributed by atoms with Crippen molar-refractivity contribution in [1.82, 2.24) is 19.5 Å². The summed E-state index contributed by atoms with van der Waals surface area (Å²) in [6, 6.07) is 0. The molecule has 1 aliphatic rings. The molecule has 0 radical (unpaired) electrons. The van der Waals surface area contributed by atoms with Crippen molar-refractivity contribution in [2.75, 3.05) is 12.3 Å². The Morgan fingerprint density at radius 3 is 3.15 bits per heavy atom. The molecule has 20 heavy (non-hydrogen) atoms. The molecule has 0 saturated heterocycles. The van der Waals surface area contributed by atoms with Crippen LogP contribution in [0.15, 0.2) is 12.7 Å². The number of imidazole rings is 1. The topological polar surface area (TPSA) is 95.9 Å². The molecule has 2 atom stereocenters. The molecule has 0 amide bonds. The summed E-state index contributed by atoms with van der Waals surface area (Å²) < 4.78 is 20.9. The van der Waals surface area contributed by atoms with Crippen LogP contribution in [-0.2, 0) is 16.1 Å². The maximum Gasteiger partial charge on any atom is 0.302 e. The number of halogens is 1. The van der Waals surface area contributed by atoms with Gasteiger partial charge in [0.1, 0.15) is 17.5 Å². The molecule has 7 nitrogen and oxygen atoms in total. The third-order valence-electron chi connectivity index (χ3n) is 3.51. The first-order valence-electron chi connectivity index (χ1n) is 6.23. The van der Waals surface area contributed by atoms with Crippen molar-refractivity contribution in [3.63, 3.8) is 0 Å². The predicted molar refractivity (Wildman–Crippen MR) is 68.3 cm³/mol. The van der Waals surface area contributed by atoms with Gasteiger partial charge in [0.2, 0.25) is 0 Å². The lowest BCUT2D eigenvalue weighted by atomic mass is 10.3. The van der Waals surface area contributed by atoms with Gasteiger partial charge in [0.15, 0.2) is 11.5 Å². The fourth-order valence-corrected chi connectivity index (χ4v) is 2.27. The van der Waals surface area contributed by atoms with E-state index in [9.17, 15) is 9.18 Å². The lowest BCUT2D eigenvalue weighted by Crippen LogP contribution is -2.17. The summed E-state index contributed by atoms with van der Waals surface area (Å²) in [5.74, 6) is -0.398. The third-order valence-corrected chi connectivity index (χ3v) is 3.51. The van der Waals surface area contributed by atoms with E-state index in [4.69, 9.17) is 10.5 Å². The van der Waals surface area contributed by atoms with Crippen LogP contribution in [0.3, 0.4) is 0 Å². The van der Waals surface area contributed by atoms with Gasteiger partial charge in [0.05, 0.1) is 19.5 Å². The highest BCUT2D eigenvalue weighted by Crippen LogP contribution is 2.49. The molecule has 1 aliphatic carbocycles. The van der Waals surface area contributed by atoms with Crippen LogP contribution in [0.4, 0.5) is 10.2 Å². The second kappa shape index (κ2) is 4.39. The molecule has 2 aromatic rings. The fraction of sp³-hybridized carbons (Fsp3) is 0.500. The number of aromatic nitrogens is 4. The second-order valence-corrected chi connectivity index (χ2v) is 5.04. The van der Waals surface area contributed by atoms with Crippen LogP contribution < -0.4 is 5.73 Å². The Morgan fingerprint density at radius 1 is 1.60 bits per heavy atom. The summed E-state index contributed by atoms with van der Waals surface area (Å²) in [5.41, 5.74) is 5.27. The largest absolute Gasteiger partial charge is 0.465 e. The average Bonchev–Trinajstić information content (AvgIpc) is 2.84. The number of carbonyl (C=O) groups is 1. The number of nitrogen functional groups attached to an aromatic ring is 1. The molecule has 1 fully saturated rings. The average molecular weight is 279 g/mol. The Hall–Kier alpha value is -2.25. The van der Waals surface area contributed by atoms with E-state index in [0.717, 1.165) is 0 Å². The molecule has 0 spiro atoms. The van der Waals surface area contributed by atoms with Gasteiger partial charge >= 0.3 is 5.97 Å². The normalized spacial score (nSPS) is 24.8. The monoisotopic (exact) mass is 279 g/mol. The van der Waals surface area contributed by atoms with Crippen LogP contribution in [0, 0.1) is 5.92 Å². The minimum Gasteiger partial charge on any atom is -0.465 e. The standard InChI is InChI=1S/C12H14FN5O2/c1-7(19)20-3-8-2-12(8,13)4-18-6-17-9-10(14)15-5-16-11(9)18/h5-6,8H,2-4H2,1H3,(H2,14,15,16)/t8-,12+/m1/s1. The van der Waals surface area contributed by atoms with Crippen LogP contribution in [0.2, 0.25) is 0 Å². The summed E-state index contributed by atoms with van der Waals surface area (Å²) in [6.07, 6.45) is 3.18. The Labute approximate surface area is 114 Å². The van der Waals surface area contributed by atoms with Gasteiger partial charge in [-0.25, -0.2) is 19.3 Å². The van der Waals surface area contributed by atoms with Crippen LogP contribution in [-0.4, -0.2) is 37.8 Å². The molecule has 0 unspecified atom stereocenters. The molecule has 8 heteroatoms. The lowest BCUT2D eigenvalue weighted by molar-refractivity contribution is -0.141. The van der Waals surface area contributed by atoms with E-state index in [0.29, 0.717) is 17.6 Å². The van der Waals surface area contributed by atoms with Crippen molar-refractivity contribution in [1.29, 1.82) is 0 Å². The van der Waals surface area contributed by atoms with Crippen molar-refractivity contribution >= 4 is 23.0 Å². The maximum absolute atomic E-state index is 14.5. The number of esters is 1. The Balaban J connectivity index is 1.74. The van der Waals surface area contributed by atoms with Gasteiger partial charge in [-0.05, 0) is 6.42 Å². The van der Waals surface area contributed by atoms with Gasteiger partial charge in [-0.3, -0.25) is 4.79 Å². The first kappa shape index (κ1) is 12.8. The molecule has 2 heterocycles. The number of nitrogens with zero attached hydrogens (tertiary/aromatic N) is 4. The summed E-state index contributed by atoms with van der Waals surface area (Å²) in [6.45, 7) is 1.53. The van der Waals surface area contributed by atoms with Crippen molar-refractivity contribution in [2.24, 2.45) is 5.92 Å². The van der Waals surface area contributed by atoms with E-state index in [1.807, 2.05) is 0 Å². The molecule has 0 aromatic carbocycles. The van der Waals surface area contributed by atoms with Crippen molar-refractivity contribution in [3.05, 3.63) is 12.7 Å². The van der Waals surface area contributed by atoms with Gasteiger partial charge < -0.3 is 15.0 Å². The highest BCUT2D eigenvalue weighted by Gasteiger charge is 2.56. The van der Waals surface area contributed by atoms with Gasteiger partial charge in [-0.1, -0.05) is 0 Å². The minimum absolute atomic E-state index is 0.107. The Morgan fingerprint density at radius 2 is 2.40 bits per heavy atom. The molecule has 0 aliphatic heterocycles. The lowest BCUT2D eigenvalue weighted by Gasteiger charge is -2.09. The molecule has 106 valence electrons. The number of anilines is 1. The molecule has 0 bridgehead atoms. The summed E-state index contributed by atoms with van der Waals surface area (Å²) in [4.78, 5) is 22.7. The molecule has 2 N–H and O–H groups in total. The number of fused-ring (bicyclic) bond motifs is 1. The van der Waals surface area contributed by atoms with Crippen LogP contribution in [0.5, 0.6) is 0 Å². The summed E-state index contributed by atoms with van der Waals surface area (Å²) in [7, 11) is 0. The van der Waals surface area contributed by atoms with Gasteiger partial charge in [0, 0.05) is 12.8 Å². The first-order valence-corrected chi connectivity index (χ1v) is 6.23. The molecule has 2 aromatic heterocycles. The van der Waals surface area contributed by atoms with Crippen LogP contribution in [0.1, 0.15) is 13.3 Å². The van der Waals surface area contributed by atoms with E-state index in [-0.39, 0.29) is 24.9 Å². The second-order valence-electron chi connectivity index (χ2n) is 5.04. The minimum atomic E-state index is -1.39. The summed E-state index contributed by atoms with van der Waals surface area (Å²) in [5, 5.41) is 0. The smallest absolute Gasteiger partial charge is 0.302 e. The SMILES string of the molecule is CC(=O)OC[C@H]1C[C@]1(F)Cn1cnc2c(N)ncnc21. The third kappa shape index (κ3) is 2.17. The zero-order valence-corrected chi connectivity index (χ0v) is 10.9. The molecular formula is C12H14FN5O2. The van der Waals surface area contributed by atoms with E-state index < -0.39 is 11.6 Å².